The highest BCUT2D eigenvalue weighted by molar-refractivity contribution is 7.89. The fourth-order valence-electron chi connectivity index (χ4n) is 3.12. The molecule has 0 unspecified atom stereocenters. The molecular weight excluding hydrogens is 368 g/mol. The van der Waals surface area contributed by atoms with E-state index in [2.05, 4.69) is 5.32 Å². The summed E-state index contributed by atoms with van der Waals surface area (Å²) in [4.78, 5) is 12.4. The van der Waals surface area contributed by atoms with Crippen LogP contribution in [0.25, 0.3) is 0 Å². The number of thiophene rings is 1. The first-order valence-corrected chi connectivity index (χ1v) is 11.3. The van der Waals surface area contributed by atoms with Crippen molar-refractivity contribution in [2.75, 3.05) is 13.1 Å². The maximum atomic E-state index is 12.9. The van der Waals surface area contributed by atoms with Crippen LogP contribution in [0.3, 0.4) is 0 Å². The molecule has 2 aromatic rings. The standard InChI is InChI=1S/C19H24N2O3S2/c22-19(9-8-16-10-13-25-15-16)20-14-17-6-2-3-7-18(17)26(23,24)21-11-4-1-5-12-21/h2-3,6-7,10,13,15H,1,4-5,8-9,11-12,14H2,(H,20,22). The Bertz CT molecular complexity index is 826. The van der Waals surface area contributed by atoms with Gasteiger partial charge in [-0.1, -0.05) is 24.6 Å². The molecule has 5 nitrogen and oxygen atoms in total. The van der Waals surface area contributed by atoms with Gasteiger partial charge in [-0.05, 0) is 53.3 Å². The van der Waals surface area contributed by atoms with E-state index in [0.717, 1.165) is 24.8 Å². The smallest absolute Gasteiger partial charge is 0.243 e. The van der Waals surface area contributed by atoms with Crippen molar-refractivity contribution in [1.82, 2.24) is 9.62 Å². The number of nitrogens with one attached hydrogen (secondary N) is 1. The number of carbonyl (C=O) groups is 1. The van der Waals surface area contributed by atoms with Gasteiger partial charge in [0.1, 0.15) is 0 Å². The molecule has 3 rings (SSSR count). The molecule has 1 aliphatic heterocycles. The summed E-state index contributed by atoms with van der Waals surface area (Å²) in [5.74, 6) is -0.0682. The lowest BCUT2D eigenvalue weighted by Gasteiger charge is -2.26. The van der Waals surface area contributed by atoms with Crippen LogP contribution in [0, 0.1) is 0 Å². The van der Waals surface area contributed by atoms with Gasteiger partial charge in [-0.3, -0.25) is 4.79 Å². The van der Waals surface area contributed by atoms with Crippen molar-refractivity contribution in [3.63, 3.8) is 0 Å². The van der Waals surface area contributed by atoms with Crippen LogP contribution in [0.2, 0.25) is 0 Å². The van der Waals surface area contributed by atoms with E-state index >= 15 is 0 Å². The number of hydrogen-bond donors (Lipinski definition) is 1. The third kappa shape index (κ3) is 4.72. The maximum Gasteiger partial charge on any atom is 0.243 e. The Morgan fingerprint density at radius 1 is 1.12 bits per heavy atom. The van der Waals surface area contributed by atoms with Gasteiger partial charge in [0.05, 0.1) is 4.90 Å². The SMILES string of the molecule is O=C(CCc1ccsc1)NCc1ccccc1S(=O)(=O)N1CCCCC1. The molecule has 1 aromatic carbocycles. The Morgan fingerprint density at radius 3 is 2.62 bits per heavy atom. The van der Waals surface area contributed by atoms with Gasteiger partial charge in [0.25, 0.3) is 0 Å². The van der Waals surface area contributed by atoms with Crippen LogP contribution in [0.15, 0.2) is 46.0 Å². The average molecular weight is 393 g/mol. The highest BCUT2D eigenvalue weighted by Crippen LogP contribution is 2.23. The van der Waals surface area contributed by atoms with E-state index in [1.54, 1.807) is 33.8 Å². The topological polar surface area (TPSA) is 66.5 Å². The first kappa shape index (κ1) is 19.1. The van der Waals surface area contributed by atoms with Gasteiger partial charge in [0.15, 0.2) is 0 Å². The molecule has 140 valence electrons. The second-order valence-electron chi connectivity index (χ2n) is 6.48. The molecule has 0 radical (unpaired) electrons. The summed E-state index contributed by atoms with van der Waals surface area (Å²) >= 11 is 1.62. The zero-order valence-electron chi connectivity index (χ0n) is 14.7. The van der Waals surface area contributed by atoms with Crippen molar-refractivity contribution in [3.05, 3.63) is 52.2 Å². The average Bonchev–Trinajstić information content (AvgIpc) is 3.19. The van der Waals surface area contributed by atoms with Crippen LogP contribution in [0.5, 0.6) is 0 Å². The fourth-order valence-corrected chi connectivity index (χ4v) is 5.56. The van der Waals surface area contributed by atoms with Gasteiger partial charge in [0.2, 0.25) is 15.9 Å². The fraction of sp³-hybridized carbons (Fsp3) is 0.421. The van der Waals surface area contributed by atoms with Crippen LogP contribution in [-0.4, -0.2) is 31.7 Å². The molecule has 26 heavy (non-hydrogen) atoms. The lowest BCUT2D eigenvalue weighted by molar-refractivity contribution is -0.121. The number of carbonyl (C=O) groups excluding carboxylic acids is 1. The second-order valence-corrected chi connectivity index (χ2v) is 9.17. The number of piperidine rings is 1. The largest absolute Gasteiger partial charge is 0.352 e. The molecule has 1 aromatic heterocycles. The van der Waals surface area contributed by atoms with E-state index in [9.17, 15) is 13.2 Å². The highest BCUT2D eigenvalue weighted by Gasteiger charge is 2.27. The zero-order chi connectivity index (χ0) is 18.4. The second kappa shape index (κ2) is 8.79. The summed E-state index contributed by atoms with van der Waals surface area (Å²) in [5, 5.41) is 6.89. The quantitative estimate of drug-likeness (QED) is 0.787. The van der Waals surface area contributed by atoms with Crippen LogP contribution in [-0.2, 0) is 27.8 Å². The van der Waals surface area contributed by atoms with Crippen LogP contribution in [0.4, 0.5) is 0 Å². The van der Waals surface area contributed by atoms with Crippen molar-refractivity contribution in [2.45, 2.75) is 43.5 Å². The Hall–Kier alpha value is -1.70. The Morgan fingerprint density at radius 2 is 1.88 bits per heavy atom. The number of aryl methyl sites for hydroxylation is 1. The van der Waals surface area contributed by atoms with Crippen LogP contribution >= 0.6 is 11.3 Å². The molecule has 0 aliphatic carbocycles. The first-order chi connectivity index (χ1) is 12.6. The van der Waals surface area contributed by atoms with Gasteiger partial charge in [-0.25, -0.2) is 8.42 Å². The number of hydrogen-bond acceptors (Lipinski definition) is 4. The molecule has 0 atom stereocenters. The molecule has 1 aliphatic rings. The summed E-state index contributed by atoms with van der Waals surface area (Å²) in [6, 6.07) is 8.96. The van der Waals surface area contributed by atoms with Crippen molar-refractivity contribution < 1.29 is 13.2 Å². The van der Waals surface area contributed by atoms with Gasteiger partial charge < -0.3 is 5.32 Å². The molecule has 1 N–H and O–H groups in total. The normalized spacial score (nSPS) is 15.7. The maximum absolute atomic E-state index is 12.9. The summed E-state index contributed by atoms with van der Waals surface area (Å²) in [6.07, 6.45) is 3.98. The van der Waals surface area contributed by atoms with E-state index < -0.39 is 10.0 Å². The van der Waals surface area contributed by atoms with Crippen molar-refractivity contribution >= 4 is 27.3 Å². The van der Waals surface area contributed by atoms with Crippen LogP contribution < -0.4 is 5.32 Å². The van der Waals surface area contributed by atoms with Crippen molar-refractivity contribution in [3.8, 4) is 0 Å². The minimum absolute atomic E-state index is 0.0682. The zero-order valence-corrected chi connectivity index (χ0v) is 16.3. The van der Waals surface area contributed by atoms with E-state index in [-0.39, 0.29) is 12.5 Å². The third-order valence-corrected chi connectivity index (χ3v) is 7.33. The van der Waals surface area contributed by atoms with E-state index in [1.807, 2.05) is 22.9 Å². The lowest BCUT2D eigenvalue weighted by Crippen LogP contribution is -2.36. The van der Waals surface area contributed by atoms with Crippen molar-refractivity contribution in [1.29, 1.82) is 0 Å². The summed E-state index contributed by atoms with van der Waals surface area (Å²) in [5.41, 5.74) is 1.79. The minimum Gasteiger partial charge on any atom is -0.352 e. The van der Waals surface area contributed by atoms with Gasteiger partial charge in [-0.2, -0.15) is 15.6 Å². The minimum atomic E-state index is -3.50. The lowest BCUT2D eigenvalue weighted by atomic mass is 10.2. The van der Waals surface area contributed by atoms with E-state index in [0.29, 0.717) is 36.4 Å². The number of sulfonamides is 1. The predicted molar refractivity (Wildman–Crippen MR) is 104 cm³/mol. The summed E-state index contributed by atoms with van der Waals surface area (Å²) in [6.45, 7) is 1.37. The molecule has 1 fully saturated rings. The molecule has 7 heteroatoms. The molecule has 1 saturated heterocycles. The molecule has 0 saturated carbocycles. The van der Waals surface area contributed by atoms with Gasteiger partial charge in [0, 0.05) is 26.1 Å². The van der Waals surface area contributed by atoms with E-state index in [1.165, 1.54) is 0 Å². The first-order valence-electron chi connectivity index (χ1n) is 8.93. The molecule has 0 bridgehead atoms. The molecule has 2 heterocycles. The summed E-state index contributed by atoms with van der Waals surface area (Å²) in [7, 11) is -3.50. The Labute approximate surface area is 159 Å². The Kier molecular flexibility index (Phi) is 6.45. The molecule has 0 spiro atoms. The predicted octanol–water partition coefficient (Wildman–Crippen LogP) is 3.17. The molecular formula is C19H24N2O3S2. The number of rotatable bonds is 7. The van der Waals surface area contributed by atoms with Crippen molar-refractivity contribution in [2.24, 2.45) is 0 Å². The van der Waals surface area contributed by atoms with Gasteiger partial charge in [-0.15, -0.1) is 0 Å². The monoisotopic (exact) mass is 392 g/mol. The van der Waals surface area contributed by atoms with Crippen LogP contribution in [0.1, 0.15) is 36.8 Å². The number of amides is 1. The summed E-state index contributed by atoms with van der Waals surface area (Å²) < 4.78 is 27.5. The Balaban J connectivity index is 1.64. The van der Waals surface area contributed by atoms with E-state index in [4.69, 9.17) is 0 Å². The van der Waals surface area contributed by atoms with Gasteiger partial charge >= 0.3 is 0 Å². The number of benzene rings is 1. The molecule has 1 amide bonds. The third-order valence-electron chi connectivity index (χ3n) is 4.60. The number of nitrogens with zero attached hydrogens (tertiary/aromatic N) is 1. The highest BCUT2D eigenvalue weighted by atomic mass is 32.2.